The first-order chi connectivity index (χ1) is 8.08. The Hall–Kier alpha value is -0.970. The van der Waals surface area contributed by atoms with E-state index in [1.54, 1.807) is 6.20 Å². The molecule has 0 amide bonds. The molecule has 1 aromatic heterocycles. The Morgan fingerprint density at radius 2 is 2.41 bits per heavy atom. The summed E-state index contributed by atoms with van der Waals surface area (Å²) in [5.41, 5.74) is 0.957. The molecule has 0 aromatic carbocycles. The normalized spacial score (nSPS) is 24.3. The van der Waals surface area contributed by atoms with Crippen molar-refractivity contribution in [1.82, 2.24) is 10.3 Å². The van der Waals surface area contributed by atoms with E-state index in [4.69, 9.17) is 4.74 Å². The largest absolute Gasteiger partial charge is 0.385 e. The molecule has 1 aromatic rings. The molecule has 2 N–H and O–H groups in total. The fraction of sp³-hybridized carbons (Fsp3) is 0.615. The van der Waals surface area contributed by atoms with E-state index in [1.807, 2.05) is 26.0 Å². The number of nitrogens with one attached hydrogen (secondary N) is 1. The van der Waals surface area contributed by atoms with Gasteiger partial charge in [-0.2, -0.15) is 0 Å². The molecule has 0 saturated carbocycles. The quantitative estimate of drug-likeness (QED) is 0.821. The van der Waals surface area contributed by atoms with E-state index in [-0.39, 0.29) is 6.04 Å². The number of aryl methyl sites for hydroxylation is 1. The van der Waals surface area contributed by atoms with Crippen molar-refractivity contribution in [2.24, 2.45) is 0 Å². The van der Waals surface area contributed by atoms with Gasteiger partial charge in [-0.25, -0.2) is 0 Å². The summed E-state index contributed by atoms with van der Waals surface area (Å²) >= 11 is 0. The molecule has 1 saturated heterocycles. The van der Waals surface area contributed by atoms with Crippen LogP contribution in [0.3, 0.4) is 0 Å². The summed E-state index contributed by atoms with van der Waals surface area (Å²) in [6.45, 7) is 6.04. The molecule has 2 heterocycles. The summed E-state index contributed by atoms with van der Waals surface area (Å²) in [5.74, 6) is 0. The molecule has 1 aliphatic rings. The lowest BCUT2D eigenvalue weighted by Gasteiger charge is -2.31. The van der Waals surface area contributed by atoms with Crippen LogP contribution in [0.5, 0.6) is 0 Å². The summed E-state index contributed by atoms with van der Waals surface area (Å²) < 4.78 is 5.39. The number of rotatable bonds is 3. The Labute approximate surface area is 102 Å². The molecule has 2 atom stereocenters. The van der Waals surface area contributed by atoms with Crippen LogP contribution in [0.4, 0.5) is 0 Å². The Kier molecular flexibility index (Phi) is 3.76. The maximum atomic E-state index is 10.5. The first-order valence-corrected chi connectivity index (χ1v) is 6.04. The van der Waals surface area contributed by atoms with Crippen LogP contribution in [0.15, 0.2) is 18.3 Å². The monoisotopic (exact) mass is 236 g/mol. The van der Waals surface area contributed by atoms with Crippen molar-refractivity contribution in [1.29, 1.82) is 0 Å². The summed E-state index contributed by atoms with van der Waals surface area (Å²) in [5, 5.41) is 13.8. The fourth-order valence-corrected chi connectivity index (χ4v) is 2.13. The van der Waals surface area contributed by atoms with E-state index in [0.29, 0.717) is 13.0 Å². The first kappa shape index (κ1) is 12.5. The predicted molar refractivity (Wildman–Crippen MR) is 65.8 cm³/mol. The van der Waals surface area contributed by atoms with Crippen molar-refractivity contribution in [3.05, 3.63) is 29.6 Å². The maximum Gasteiger partial charge on any atom is 0.0899 e. The third kappa shape index (κ3) is 3.25. The molecule has 0 spiro atoms. The highest BCUT2D eigenvalue weighted by Gasteiger charge is 2.28. The van der Waals surface area contributed by atoms with Crippen LogP contribution in [0, 0.1) is 6.92 Å². The number of morpholine rings is 1. The number of nitrogens with zero attached hydrogens (tertiary/aromatic N) is 1. The van der Waals surface area contributed by atoms with Gasteiger partial charge in [0.2, 0.25) is 0 Å². The number of hydrogen-bond donors (Lipinski definition) is 2. The molecule has 0 aliphatic carbocycles. The second kappa shape index (κ2) is 5.12. The Balaban J connectivity index is 2.04. The van der Waals surface area contributed by atoms with Crippen LogP contribution in [-0.4, -0.2) is 35.9 Å². The molecule has 2 unspecified atom stereocenters. The second-order valence-electron chi connectivity index (χ2n) is 4.89. The highest BCUT2D eigenvalue weighted by Crippen LogP contribution is 2.26. The Morgan fingerprint density at radius 3 is 3.00 bits per heavy atom. The average Bonchev–Trinajstić information content (AvgIpc) is 2.30. The van der Waals surface area contributed by atoms with Gasteiger partial charge >= 0.3 is 0 Å². The zero-order chi connectivity index (χ0) is 12.3. The van der Waals surface area contributed by atoms with Gasteiger partial charge in [-0.1, -0.05) is 6.07 Å². The third-order valence-corrected chi connectivity index (χ3v) is 3.18. The SMILES string of the molecule is Cc1ccc(C(C)(O)CC2COCCN2)cn1. The van der Waals surface area contributed by atoms with Gasteiger partial charge in [-0.05, 0) is 26.3 Å². The number of pyridine rings is 1. The first-order valence-electron chi connectivity index (χ1n) is 6.04. The van der Waals surface area contributed by atoms with Crippen LogP contribution < -0.4 is 5.32 Å². The minimum atomic E-state index is -0.862. The van der Waals surface area contributed by atoms with E-state index < -0.39 is 5.60 Å². The van der Waals surface area contributed by atoms with Crippen LogP contribution in [0.1, 0.15) is 24.6 Å². The van der Waals surface area contributed by atoms with Gasteiger partial charge in [-0.15, -0.1) is 0 Å². The van der Waals surface area contributed by atoms with Crippen molar-refractivity contribution in [2.45, 2.75) is 31.9 Å². The van der Waals surface area contributed by atoms with Gasteiger partial charge in [-0.3, -0.25) is 4.98 Å². The van der Waals surface area contributed by atoms with Gasteiger partial charge in [0, 0.05) is 30.0 Å². The highest BCUT2D eigenvalue weighted by molar-refractivity contribution is 5.20. The lowest BCUT2D eigenvalue weighted by atomic mass is 9.90. The van der Waals surface area contributed by atoms with Gasteiger partial charge in [0.25, 0.3) is 0 Å². The Bertz CT molecular complexity index is 356. The predicted octanol–water partition coefficient (Wildman–Crippen LogP) is 0.976. The fourth-order valence-electron chi connectivity index (χ4n) is 2.13. The number of hydrogen-bond acceptors (Lipinski definition) is 4. The molecular formula is C13H20N2O2. The van der Waals surface area contributed by atoms with Gasteiger partial charge in [0.05, 0.1) is 18.8 Å². The molecule has 2 rings (SSSR count). The average molecular weight is 236 g/mol. The van der Waals surface area contributed by atoms with Crippen molar-refractivity contribution < 1.29 is 9.84 Å². The number of ether oxygens (including phenoxy) is 1. The van der Waals surface area contributed by atoms with Crippen molar-refractivity contribution >= 4 is 0 Å². The lowest BCUT2D eigenvalue weighted by molar-refractivity contribution is 0.00301. The third-order valence-electron chi connectivity index (χ3n) is 3.18. The zero-order valence-electron chi connectivity index (χ0n) is 10.4. The molecule has 17 heavy (non-hydrogen) atoms. The molecule has 1 aliphatic heterocycles. The summed E-state index contributed by atoms with van der Waals surface area (Å²) in [6.07, 6.45) is 2.39. The Morgan fingerprint density at radius 1 is 1.59 bits per heavy atom. The van der Waals surface area contributed by atoms with E-state index >= 15 is 0 Å². The highest BCUT2D eigenvalue weighted by atomic mass is 16.5. The molecule has 1 fully saturated rings. The molecule has 4 heteroatoms. The van der Waals surface area contributed by atoms with Gasteiger partial charge < -0.3 is 15.2 Å². The lowest BCUT2D eigenvalue weighted by Crippen LogP contribution is -2.45. The van der Waals surface area contributed by atoms with E-state index in [9.17, 15) is 5.11 Å². The minimum Gasteiger partial charge on any atom is -0.385 e. The molecule has 94 valence electrons. The minimum absolute atomic E-state index is 0.208. The number of aromatic nitrogens is 1. The summed E-state index contributed by atoms with van der Waals surface area (Å²) in [4.78, 5) is 4.23. The van der Waals surface area contributed by atoms with Crippen LogP contribution in [-0.2, 0) is 10.3 Å². The zero-order valence-corrected chi connectivity index (χ0v) is 10.4. The topological polar surface area (TPSA) is 54.4 Å². The molecule has 0 radical (unpaired) electrons. The standard InChI is InChI=1S/C13H20N2O2/c1-10-3-4-11(8-15-10)13(2,16)7-12-9-17-6-5-14-12/h3-4,8,12,14,16H,5-7,9H2,1-2H3. The van der Waals surface area contributed by atoms with Crippen LogP contribution in [0.2, 0.25) is 0 Å². The molecule has 4 nitrogen and oxygen atoms in total. The van der Waals surface area contributed by atoms with E-state index in [1.165, 1.54) is 0 Å². The number of aliphatic hydroxyl groups is 1. The van der Waals surface area contributed by atoms with E-state index in [2.05, 4.69) is 10.3 Å². The van der Waals surface area contributed by atoms with Crippen LogP contribution in [0.25, 0.3) is 0 Å². The second-order valence-corrected chi connectivity index (χ2v) is 4.89. The maximum absolute atomic E-state index is 10.5. The van der Waals surface area contributed by atoms with Crippen molar-refractivity contribution in [3.63, 3.8) is 0 Å². The van der Waals surface area contributed by atoms with Gasteiger partial charge in [0.15, 0.2) is 0 Å². The van der Waals surface area contributed by atoms with E-state index in [0.717, 1.165) is 24.4 Å². The van der Waals surface area contributed by atoms with Crippen molar-refractivity contribution in [2.75, 3.05) is 19.8 Å². The van der Waals surface area contributed by atoms with Crippen LogP contribution >= 0.6 is 0 Å². The molecular weight excluding hydrogens is 216 g/mol. The molecule has 0 bridgehead atoms. The summed E-state index contributed by atoms with van der Waals surface area (Å²) in [6, 6.07) is 4.07. The smallest absolute Gasteiger partial charge is 0.0899 e. The van der Waals surface area contributed by atoms with Gasteiger partial charge in [0.1, 0.15) is 0 Å². The van der Waals surface area contributed by atoms with Crippen molar-refractivity contribution in [3.8, 4) is 0 Å². The summed E-state index contributed by atoms with van der Waals surface area (Å²) in [7, 11) is 0.